The van der Waals surface area contributed by atoms with Crippen molar-refractivity contribution in [3.05, 3.63) is 32.6 Å². The highest BCUT2D eigenvalue weighted by molar-refractivity contribution is 5.93. The number of hydrogen-bond acceptors (Lipinski definition) is 4. The molecule has 6 nitrogen and oxygen atoms in total. The number of carbonyl (C=O) groups excluding carboxylic acids is 1. The van der Waals surface area contributed by atoms with E-state index in [1.807, 2.05) is 13.8 Å². The minimum Gasteiger partial charge on any atom is -0.379 e. The van der Waals surface area contributed by atoms with Gasteiger partial charge in [-0.3, -0.25) is 14.2 Å². The molecule has 0 fully saturated rings. The van der Waals surface area contributed by atoms with Crippen LogP contribution in [0, 0.1) is 0 Å². The summed E-state index contributed by atoms with van der Waals surface area (Å²) in [6.07, 6.45) is 2.75. The smallest absolute Gasteiger partial charge is 0.328 e. The monoisotopic (exact) mass is 268 g/mol. The lowest BCUT2D eigenvalue weighted by Crippen LogP contribution is -2.37. The molecule has 1 aromatic heterocycles. The first-order valence-corrected chi connectivity index (χ1v) is 6.38. The Bertz CT molecular complexity index is 542. The number of rotatable bonds is 7. The summed E-state index contributed by atoms with van der Waals surface area (Å²) in [4.78, 5) is 37.1. The number of nitrogens with zero attached hydrogens (tertiary/aromatic N) is 1. The van der Waals surface area contributed by atoms with Crippen molar-refractivity contribution in [2.24, 2.45) is 0 Å². The summed E-state index contributed by atoms with van der Waals surface area (Å²) in [7, 11) is 0. The number of nitrogens with one attached hydrogen (secondary N) is 1. The van der Waals surface area contributed by atoms with E-state index >= 15 is 0 Å². The zero-order chi connectivity index (χ0) is 14.4. The third-order valence-electron chi connectivity index (χ3n) is 2.67. The maximum Gasteiger partial charge on any atom is 0.328 e. The predicted octanol–water partition coefficient (Wildman–Crippen LogP) is 0.944. The van der Waals surface area contributed by atoms with E-state index in [2.05, 4.69) is 4.98 Å². The van der Waals surface area contributed by atoms with Crippen LogP contribution in [-0.4, -0.2) is 28.0 Å². The zero-order valence-corrected chi connectivity index (χ0v) is 11.6. The topological polar surface area (TPSA) is 81.2 Å². The Hall–Kier alpha value is -1.69. The Morgan fingerprint density at radius 1 is 1.37 bits per heavy atom. The average Bonchev–Trinajstić information content (AvgIpc) is 2.31. The van der Waals surface area contributed by atoms with Crippen LogP contribution in [0.4, 0.5) is 0 Å². The van der Waals surface area contributed by atoms with Gasteiger partial charge in [0, 0.05) is 19.3 Å². The van der Waals surface area contributed by atoms with Crippen molar-refractivity contribution in [1.82, 2.24) is 9.55 Å². The molecule has 0 aliphatic carbocycles. The summed E-state index contributed by atoms with van der Waals surface area (Å²) in [6, 6.07) is 0. The standard InChI is InChI=1S/C13H20N2O4/c1-9(2)19-7-5-4-6-15-12(17)11(10(3)16)8-14-13(15)18/h8-9H,4-7H2,1-3H3,(H,14,18). The quantitative estimate of drug-likeness (QED) is 0.589. The second-order valence-corrected chi connectivity index (χ2v) is 4.65. The molecule has 0 bridgehead atoms. The summed E-state index contributed by atoms with van der Waals surface area (Å²) < 4.78 is 6.44. The first-order valence-electron chi connectivity index (χ1n) is 6.38. The fourth-order valence-electron chi connectivity index (χ4n) is 1.66. The number of unbranched alkanes of at least 4 members (excludes halogenated alkanes) is 1. The molecular formula is C13H20N2O4. The Morgan fingerprint density at radius 2 is 2.05 bits per heavy atom. The van der Waals surface area contributed by atoms with Gasteiger partial charge >= 0.3 is 5.69 Å². The largest absolute Gasteiger partial charge is 0.379 e. The molecule has 106 valence electrons. The molecule has 1 rings (SSSR count). The van der Waals surface area contributed by atoms with Crippen LogP contribution in [0.1, 0.15) is 44.0 Å². The van der Waals surface area contributed by atoms with E-state index < -0.39 is 11.2 Å². The highest BCUT2D eigenvalue weighted by atomic mass is 16.5. The van der Waals surface area contributed by atoms with E-state index in [9.17, 15) is 14.4 Å². The molecule has 0 saturated carbocycles. The van der Waals surface area contributed by atoms with Crippen molar-refractivity contribution in [2.75, 3.05) is 6.61 Å². The number of hydrogen-bond donors (Lipinski definition) is 1. The zero-order valence-electron chi connectivity index (χ0n) is 11.6. The van der Waals surface area contributed by atoms with E-state index in [4.69, 9.17) is 4.74 Å². The van der Waals surface area contributed by atoms with Crippen molar-refractivity contribution in [1.29, 1.82) is 0 Å². The number of aromatic nitrogens is 2. The van der Waals surface area contributed by atoms with Crippen LogP contribution in [0.3, 0.4) is 0 Å². The van der Waals surface area contributed by atoms with Crippen LogP contribution in [0.5, 0.6) is 0 Å². The molecule has 1 aromatic rings. The van der Waals surface area contributed by atoms with Gasteiger partial charge in [-0.15, -0.1) is 0 Å². The van der Waals surface area contributed by atoms with E-state index in [-0.39, 0.29) is 24.0 Å². The lowest BCUT2D eigenvalue weighted by atomic mass is 10.2. The predicted molar refractivity (Wildman–Crippen MR) is 71.6 cm³/mol. The van der Waals surface area contributed by atoms with E-state index in [1.54, 1.807) is 0 Å². The molecule has 0 aliphatic heterocycles. The fraction of sp³-hybridized carbons (Fsp3) is 0.615. The van der Waals surface area contributed by atoms with Gasteiger partial charge < -0.3 is 9.72 Å². The lowest BCUT2D eigenvalue weighted by molar-refractivity contribution is 0.0753. The molecule has 1 heterocycles. The van der Waals surface area contributed by atoms with Crippen molar-refractivity contribution in [2.45, 2.75) is 46.3 Å². The molecule has 1 N–H and O–H groups in total. The summed E-state index contributed by atoms with van der Waals surface area (Å²) >= 11 is 0. The Kier molecular flexibility index (Phi) is 5.69. The third kappa shape index (κ3) is 4.48. The number of Topliss-reactive ketones (excluding diaryl/α,β-unsaturated/α-hetero) is 1. The van der Waals surface area contributed by atoms with E-state index in [1.165, 1.54) is 13.1 Å². The van der Waals surface area contributed by atoms with Gasteiger partial charge in [0.2, 0.25) is 0 Å². The van der Waals surface area contributed by atoms with Gasteiger partial charge in [0.25, 0.3) is 5.56 Å². The van der Waals surface area contributed by atoms with Crippen molar-refractivity contribution >= 4 is 5.78 Å². The Balaban J connectivity index is 2.68. The Morgan fingerprint density at radius 3 is 2.63 bits per heavy atom. The van der Waals surface area contributed by atoms with Crippen LogP contribution >= 0.6 is 0 Å². The Labute approximate surface area is 111 Å². The van der Waals surface area contributed by atoms with Gasteiger partial charge in [-0.25, -0.2) is 4.79 Å². The van der Waals surface area contributed by atoms with E-state index in [0.717, 1.165) is 11.0 Å². The van der Waals surface area contributed by atoms with Gasteiger partial charge in [0.15, 0.2) is 5.78 Å². The van der Waals surface area contributed by atoms with Crippen LogP contribution in [0.2, 0.25) is 0 Å². The number of H-pyrrole nitrogens is 1. The molecule has 0 radical (unpaired) electrons. The van der Waals surface area contributed by atoms with Gasteiger partial charge in [-0.2, -0.15) is 0 Å². The van der Waals surface area contributed by atoms with Crippen LogP contribution < -0.4 is 11.2 Å². The second-order valence-electron chi connectivity index (χ2n) is 4.65. The minimum atomic E-state index is -0.527. The highest BCUT2D eigenvalue weighted by Gasteiger charge is 2.10. The molecule has 19 heavy (non-hydrogen) atoms. The van der Waals surface area contributed by atoms with Crippen LogP contribution in [0.15, 0.2) is 15.8 Å². The molecule has 0 atom stereocenters. The van der Waals surface area contributed by atoms with Crippen molar-refractivity contribution in [3.8, 4) is 0 Å². The van der Waals surface area contributed by atoms with Gasteiger partial charge in [0.05, 0.1) is 11.7 Å². The number of aromatic amines is 1. The summed E-state index contributed by atoms with van der Waals surface area (Å²) in [5, 5.41) is 0. The van der Waals surface area contributed by atoms with Crippen LogP contribution in [0.25, 0.3) is 0 Å². The fourth-order valence-corrected chi connectivity index (χ4v) is 1.66. The van der Waals surface area contributed by atoms with Crippen molar-refractivity contribution in [3.63, 3.8) is 0 Å². The summed E-state index contributed by atoms with van der Waals surface area (Å²) in [6.45, 7) is 6.08. The molecule has 0 aliphatic rings. The van der Waals surface area contributed by atoms with Gasteiger partial charge in [-0.1, -0.05) is 0 Å². The third-order valence-corrected chi connectivity index (χ3v) is 2.67. The maximum atomic E-state index is 11.9. The molecule has 0 amide bonds. The average molecular weight is 268 g/mol. The highest BCUT2D eigenvalue weighted by Crippen LogP contribution is 1.96. The normalized spacial score (nSPS) is 10.9. The second kappa shape index (κ2) is 7.04. The molecule has 0 spiro atoms. The van der Waals surface area contributed by atoms with E-state index in [0.29, 0.717) is 13.0 Å². The lowest BCUT2D eigenvalue weighted by Gasteiger charge is -2.08. The molecule has 6 heteroatoms. The molecule has 0 aromatic carbocycles. The molecular weight excluding hydrogens is 248 g/mol. The molecule has 0 saturated heterocycles. The van der Waals surface area contributed by atoms with Gasteiger partial charge in [-0.05, 0) is 33.6 Å². The minimum absolute atomic E-state index is 0.0121. The number of ketones is 1. The maximum absolute atomic E-state index is 11.9. The SMILES string of the molecule is CC(=O)c1c[nH]c(=O)n(CCCCOC(C)C)c1=O. The van der Waals surface area contributed by atoms with Crippen LogP contribution in [-0.2, 0) is 11.3 Å². The number of ether oxygens (including phenoxy) is 1. The van der Waals surface area contributed by atoms with Gasteiger partial charge in [0.1, 0.15) is 0 Å². The summed E-state index contributed by atoms with van der Waals surface area (Å²) in [5.74, 6) is -0.349. The number of carbonyl (C=O) groups is 1. The summed E-state index contributed by atoms with van der Waals surface area (Å²) in [5.41, 5.74) is -1.00. The van der Waals surface area contributed by atoms with Crippen molar-refractivity contribution < 1.29 is 9.53 Å². The molecule has 0 unspecified atom stereocenters. The first-order chi connectivity index (χ1) is 8.93. The first kappa shape index (κ1) is 15.4.